The number of allylic oxidation sites excluding steroid dienone is 4. The van der Waals surface area contributed by atoms with Crippen LogP contribution in [0.5, 0.6) is 0 Å². The molecule has 0 saturated heterocycles. The van der Waals surface area contributed by atoms with Crippen LogP contribution >= 0.6 is 11.6 Å². The molecule has 4 aromatic rings. The zero-order chi connectivity index (χ0) is 21.5. The molecule has 0 nitrogen and oxygen atoms in total. The molecule has 0 radical (unpaired) electrons. The molecule has 2 atom stereocenters. The fourth-order valence-electron chi connectivity index (χ4n) is 5.88. The van der Waals surface area contributed by atoms with E-state index in [-0.39, 0.29) is 17.3 Å². The molecular formula is C31H23Cl. The van der Waals surface area contributed by atoms with Gasteiger partial charge in [0.05, 0.1) is 5.41 Å². The van der Waals surface area contributed by atoms with Gasteiger partial charge in [-0.2, -0.15) is 0 Å². The molecule has 154 valence electrons. The summed E-state index contributed by atoms with van der Waals surface area (Å²) >= 11 is 6.42. The Balaban J connectivity index is 1.67. The maximum atomic E-state index is 6.42. The average molecular weight is 431 g/mol. The molecule has 0 saturated carbocycles. The van der Waals surface area contributed by atoms with Crippen LogP contribution in [-0.2, 0) is 5.41 Å². The Kier molecular flexibility index (Phi) is 4.63. The Labute approximate surface area is 194 Å². The minimum atomic E-state index is -0.314. The van der Waals surface area contributed by atoms with E-state index >= 15 is 0 Å². The minimum absolute atomic E-state index is 0.240. The second-order valence-corrected chi connectivity index (χ2v) is 9.07. The van der Waals surface area contributed by atoms with Crippen LogP contribution in [-0.4, -0.2) is 0 Å². The maximum absolute atomic E-state index is 6.42. The first-order chi connectivity index (χ1) is 15.8. The lowest BCUT2D eigenvalue weighted by Gasteiger charge is -2.37. The van der Waals surface area contributed by atoms with Crippen molar-refractivity contribution in [3.8, 4) is 0 Å². The van der Waals surface area contributed by atoms with Gasteiger partial charge in [0.25, 0.3) is 0 Å². The predicted octanol–water partition coefficient (Wildman–Crippen LogP) is 8.05. The van der Waals surface area contributed by atoms with Crippen LogP contribution in [0.4, 0.5) is 0 Å². The zero-order valence-corrected chi connectivity index (χ0v) is 18.4. The number of fused-ring (bicyclic) bond motifs is 3. The third-order valence-electron chi connectivity index (χ3n) is 7.07. The number of halogens is 1. The van der Waals surface area contributed by atoms with Crippen molar-refractivity contribution in [1.29, 1.82) is 0 Å². The SMILES string of the molecule is Clc1cccc(C2C=CC=C3C2c2ccccc2C3(c2ccccc2)c2ccccc2)c1. The lowest BCUT2D eigenvalue weighted by molar-refractivity contribution is 0.645. The number of hydrogen-bond donors (Lipinski definition) is 0. The molecule has 1 heteroatoms. The van der Waals surface area contributed by atoms with Crippen molar-refractivity contribution in [1.82, 2.24) is 0 Å². The highest BCUT2D eigenvalue weighted by Crippen LogP contribution is 2.62. The van der Waals surface area contributed by atoms with E-state index in [1.54, 1.807) is 0 Å². The van der Waals surface area contributed by atoms with Gasteiger partial charge in [-0.3, -0.25) is 0 Å². The Morgan fingerprint density at radius 3 is 2.00 bits per heavy atom. The van der Waals surface area contributed by atoms with Crippen molar-refractivity contribution < 1.29 is 0 Å². The minimum Gasteiger partial charge on any atom is -0.0843 e. The Morgan fingerprint density at radius 2 is 1.31 bits per heavy atom. The first-order valence-corrected chi connectivity index (χ1v) is 11.5. The van der Waals surface area contributed by atoms with Gasteiger partial charge in [-0.05, 0) is 45.5 Å². The molecule has 4 aromatic carbocycles. The zero-order valence-electron chi connectivity index (χ0n) is 17.7. The second-order valence-electron chi connectivity index (χ2n) is 8.63. The van der Waals surface area contributed by atoms with Crippen LogP contribution in [0.3, 0.4) is 0 Å². The fourth-order valence-corrected chi connectivity index (χ4v) is 6.08. The van der Waals surface area contributed by atoms with Gasteiger partial charge >= 0.3 is 0 Å². The molecule has 0 spiro atoms. The second kappa shape index (κ2) is 7.65. The highest BCUT2D eigenvalue weighted by Gasteiger charge is 2.52. The molecule has 2 aliphatic rings. The van der Waals surface area contributed by atoms with E-state index in [1.807, 2.05) is 6.07 Å². The van der Waals surface area contributed by atoms with E-state index in [0.29, 0.717) is 0 Å². The molecule has 0 fully saturated rings. The quantitative estimate of drug-likeness (QED) is 0.308. The van der Waals surface area contributed by atoms with E-state index in [9.17, 15) is 0 Å². The topological polar surface area (TPSA) is 0 Å². The third kappa shape index (κ3) is 2.76. The first-order valence-electron chi connectivity index (χ1n) is 11.1. The van der Waals surface area contributed by atoms with Crippen molar-refractivity contribution >= 4 is 11.6 Å². The first kappa shape index (κ1) is 19.3. The van der Waals surface area contributed by atoms with Crippen LogP contribution in [0, 0.1) is 0 Å². The Hall–Kier alpha value is -3.35. The molecule has 2 unspecified atom stereocenters. The van der Waals surface area contributed by atoms with Crippen molar-refractivity contribution in [2.75, 3.05) is 0 Å². The van der Waals surface area contributed by atoms with Gasteiger partial charge in [0, 0.05) is 16.9 Å². The standard InChI is InChI=1S/C31H23Cl/c32-25-16-9-11-22(21-25)26-18-10-20-29-30(26)27-17-7-8-19-28(27)31(29,23-12-3-1-4-13-23)24-14-5-2-6-15-24/h1-21,26,30H. The average Bonchev–Trinajstić information content (AvgIpc) is 3.16. The van der Waals surface area contributed by atoms with E-state index in [1.165, 1.54) is 33.4 Å². The van der Waals surface area contributed by atoms with Crippen molar-refractivity contribution in [3.63, 3.8) is 0 Å². The summed E-state index contributed by atoms with van der Waals surface area (Å²) in [5, 5.41) is 0.788. The van der Waals surface area contributed by atoms with Crippen LogP contribution in [0.15, 0.2) is 133 Å². The van der Waals surface area contributed by atoms with Gasteiger partial charge in [-0.15, -0.1) is 0 Å². The fraction of sp³-hybridized carbons (Fsp3) is 0.0968. The molecular weight excluding hydrogens is 408 g/mol. The number of rotatable bonds is 3. The Bertz CT molecular complexity index is 1290. The van der Waals surface area contributed by atoms with Gasteiger partial charge in [0.1, 0.15) is 0 Å². The normalized spacial score (nSPS) is 20.3. The van der Waals surface area contributed by atoms with Crippen molar-refractivity contribution in [3.05, 3.63) is 166 Å². The summed E-state index contributed by atoms with van der Waals surface area (Å²) in [7, 11) is 0. The summed E-state index contributed by atoms with van der Waals surface area (Å²) in [6, 6.07) is 39.3. The van der Waals surface area contributed by atoms with Crippen molar-refractivity contribution in [2.45, 2.75) is 17.3 Å². The molecule has 0 amide bonds. The van der Waals surface area contributed by atoms with Gasteiger partial charge < -0.3 is 0 Å². The molecule has 0 aliphatic heterocycles. The van der Waals surface area contributed by atoms with E-state index in [2.05, 4.69) is 121 Å². The molecule has 0 aromatic heterocycles. The predicted molar refractivity (Wildman–Crippen MR) is 133 cm³/mol. The lowest BCUT2D eigenvalue weighted by atomic mass is 9.64. The van der Waals surface area contributed by atoms with E-state index in [4.69, 9.17) is 11.6 Å². The maximum Gasteiger partial charge on any atom is 0.0673 e. The molecule has 6 rings (SSSR count). The van der Waals surface area contributed by atoms with Gasteiger partial charge in [0.15, 0.2) is 0 Å². The van der Waals surface area contributed by atoms with Gasteiger partial charge in [0.2, 0.25) is 0 Å². The van der Waals surface area contributed by atoms with Crippen molar-refractivity contribution in [2.24, 2.45) is 0 Å². The van der Waals surface area contributed by atoms with Crippen LogP contribution in [0.1, 0.15) is 39.7 Å². The van der Waals surface area contributed by atoms with Crippen LogP contribution in [0.2, 0.25) is 5.02 Å². The molecule has 0 heterocycles. The third-order valence-corrected chi connectivity index (χ3v) is 7.30. The van der Waals surface area contributed by atoms with E-state index in [0.717, 1.165) is 5.02 Å². The number of benzene rings is 4. The smallest absolute Gasteiger partial charge is 0.0673 e. The molecule has 0 bridgehead atoms. The van der Waals surface area contributed by atoms with Gasteiger partial charge in [-0.1, -0.05) is 127 Å². The van der Waals surface area contributed by atoms with Crippen LogP contribution < -0.4 is 0 Å². The summed E-state index contributed by atoms with van der Waals surface area (Å²) in [5.74, 6) is 0.499. The largest absolute Gasteiger partial charge is 0.0843 e. The summed E-state index contributed by atoms with van der Waals surface area (Å²) < 4.78 is 0. The van der Waals surface area contributed by atoms with Gasteiger partial charge in [-0.25, -0.2) is 0 Å². The molecule has 32 heavy (non-hydrogen) atoms. The molecule has 0 N–H and O–H groups in total. The summed E-state index contributed by atoms with van der Waals surface area (Å²) in [6.07, 6.45) is 6.93. The summed E-state index contributed by atoms with van der Waals surface area (Å²) in [4.78, 5) is 0. The highest BCUT2D eigenvalue weighted by molar-refractivity contribution is 6.30. The highest BCUT2D eigenvalue weighted by atomic mass is 35.5. The molecule has 2 aliphatic carbocycles. The summed E-state index contributed by atoms with van der Waals surface area (Å²) in [6.45, 7) is 0. The Morgan fingerprint density at radius 1 is 0.656 bits per heavy atom. The summed E-state index contributed by atoms with van der Waals surface area (Å²) in [5.41, 5.74) is 7.79. The number of hydrogen-bond acceptors (Lipinski definition) is 0. The van der Waals surface area contributed by atoms with E-state index < -0.39 is 0 Å². The monoisotopic (exact) mass is 430 g/mol. The lowest BCUT2D eigenvalue weighted by Crippen LogP contribution is -2.30. The van der Waals surface area contributed by atoms with Crippen LogP contribution in [0.25, 0.3) is 0 Å².